The van der Waals surface area contributed by atoms with Crippen molar-refractivity contribution < 1.29 is 13.2 Å². The van der Waals surface area contributed by atoms with Crippen LogP contribution in [0.4, 0.5) is 13.2 Å². The van der Waals surface area contributed by atoms with Gasteiger partial charge < -0.3 is 5.73 Å². The zero-order valence-corrected chi connectivity index (χ0v) is 15.6. The van der Waals surface area contributed by atoms with E-state index in [2.05, 4.69) is 6.92 Å². The monoisotopic (exact) mass is 365 g/mol. The molecule has 2 aromatic carbocycles. The Hall–Kier alpha value is -1.55. The van der Waals surface area contributed by atoms with Crippen LogP contribution in [0.25, 0.3) is 10.8 Å². The highest BCUT2D eigenvalue weighted by molar-refractivity contribution is 5.87. The van der Waals surface area contributed by atoms with Crippen molar-refractivity contribution in [2.45, 2.75) is 76.9 Å². The molecule has 0 aromatic heterocycles. The van der Waals surface area contributed by atoms with E-state index in [-0.39, 0.29) is 5.56 Å². The van der Waals surface area contributed by atoms with Crippen molar-refractivity contribution in [1.82, 2.24) is 0 Å². The molecule has 0 bridgehead atoms. The molecule has 0 saturated carbocycles. The maximum atomic E-state index is 13.2. The molecule has 1 nitrogen and oxygen atoms in total. The van der Waals surface area contributed by atoms with Gasteiger partial charge in [-0.25, -0.2) is 0 Å². The summed E-state index contributed by atoms with van der Waals surface area (Å²) in [7, 11) is 0. The molecule has 0 aliphatic rings. The molecule has 0 amide bonds. The quantitative estimate of drug-likeness (QED) is 0.447. The van der Waals surface area contributed by atoms with Gasteiger partial charge in [-0.1, -0.05) is 88.3 Å². The number of halogens is 3. The van der Waals surface area contributed by atoms with Crippen molar-refractivity contribution in [2.24, 2.45) is 5.73 Å². The van der Waals surface area contributed by atoms with E-state index in [1.54, 1.807) is 12.1 Å². The number of hydrogen-bond donors (Lipinski definition) is 1. The molecule has 0 aliphatic heterocycles. The lowest BCUT2D eigenvalue weighted by molar-refractivity contribution is -0.149. The molecule has 0 spiro atoms. The summed E-state index contributed by atoms with van der Waals surface area (Å²) >= 11 is 0. The Morgan fingerprint density at radius 3 is 2.12 bits per heavy atom. The van der Waals surface area contributed by atoms with Crippen LogP contribution in [-0.2, 0) is 6.42 Å². The van der Waals surface area contributed by atoms with Crippen LogP contribution in [0.2, 0.25) is 0 Å². The summed E-state index contributed by atoms with van der Waals surface area (Å²) in [5, 5.41) is 1.87. The second kappa shape index (κ2) is 9.96. The zero-order chi connectivity index (χ0) is 19.0. The standard InChI is InChI=1S/C22H30F3N/c1-2-3-4-5-6-7-8-9-14-19-18-13-11-10-12-17(18)15-16-20(19)21(26)22(23,24)25/h10-13,15-16,21H,2-9,14,26H2,1H3/t21-/m0/s1. The summed E-state index contributed by atoms with van der Waals surface area (Å²) in [4.78, 5) is 0. The van der Waals surface area contributed by atoms with Gasteiger partial charge in [-0.15, -0.1) is 0 Å². The second-order valence-electron chi connectivity index (χ2n) is 7.10. The van der Waals surface area contributed by atoms with Gasteiger partial charge in [-0.3, -0.25) is 0 Å². The van der Waals surface area contributed by atoms with E-state index in [1.807, 2.05) is 24.3 Å². The Morgan fingerprint density at radius 1 is 0.846 bits per heavy atom. The van der Waals surface area contributed by atoms with Gasteiger partial charge in [0.25, 0.3) is 0 Å². The Balaban J connectivity index is 2.06. The third-order valence-electron chi connectivity index (χ3n) is 5.04. The number of unbranched alkanes of at least 4 members (excludes halogenated alkanes) is 7. The molecule has 0 unspecified atom stereocenters. The minimum Gasteiger partial charge on any atom is -0.316 e. The van der Waals surface area contributed by atoms with E-state index >= 15 is 0 Å². The molecule has 26 heavy (non-hydrogen) atoms. The average Bonchev–Trinajstić information content (AvgIpc) is 2.62. The van der Waals surface area contributed by atoms with Crippen LogP contribution in [-0.4, -0.2) is 6.18 Å². The molecule has 0 fully saturated rings. The van der Waals surface area contributed by atoms with Gasteiger partial charge >= 0.3 is 6.18 Å². The van der Waals surface area contributed by atoms with E-state index in [4.69, 9.17) is 5.73 Å². The molecule has 144 valence electrons. The molecule has 0 aliphatic carbocycles. The highest BCUT2D eigenvalue weighted by Gasteiger charge is 2.39. The molecular weight excluding hydrogens is 335 g/mol. The Bertz CT molecular complexity index is 679. The van der Waals surface area contributed by atoms with E-state index in [9.17, 15) is 13.2 Å². The summed E-state index contributed by atoms with van der Waals surface area (Å²) in [5.74, 6) is 0. The van der Waals surface area contributed by atoms with Gasteiger partial charge in [0.2, 0.25) is 0 Å². The smallest absolute Gasteiger partial charge is 0.316 e. The molecule has 1 atom stereocenters. The minimum atomic E-state index is -4.42. The summed E-state index contributed by atoms with van der Waals surface area (Å²) in [5.41, 5.74) is 6.52. The first-order valence-corrected chi connectivity index (χ1v) is 9.78. The van der Waals surface area contributed by atoms with E-state index in [0.29, 0.717) is 6.42 Å². The lowest BCUT2D eigenvalue weighted by atomic mass is 9.91. The van der Waals surface area contributed by atoms with Crippen LogP contribution in [0, 0.1) is 0 Å². The van der Waals surface area contributed by atoms with Crippen molar-refractivity contribution in [1.29, 1.82) is 0 Å². The van der Waals surface area contributed by atoms with Crippen LogP contribution in [0.5, 0.6) is 0 Å². The van der Waals surface area contributed by atoms with Gasteiger partial charge in [0.1, 0.15) is 6.04 Å². The molecule has 4 heteroatoms. The maximum absolute atomic E-state index is 13.2. The van der Waals surface area contributed by atoms with Crippen molar-refractivity contribution >= 4 is 10.8 Å². The van der Waals surface area contributed by atoms with Crippen LogP contribution < -0.4 is 5.73 Å². The Morgan fingerprint density at radius 2 is 1.46 bits per heavy atom. The third-order valence-corrected chi connectivity index (χ3v) is 5.04. The zero-order valence-electron chi connectivity index (χ0n) is 15.6. The van der Waals surface area contributed by atoms with E-state index in [1.165, 1.54) is 32.1 Å². The Labute approximate surface area is 154 Å². The first kappa shape index (κ1) is 20.8. The number of rotatable bonds is 10. The average molecular weight is 365 g/mol. The number of alkyl halides is 3. The van der Waals surface area contributed by atoms with Gasteiger partial charge in [0.05, 0.1) is 0 Å². The molecule has 2 N–H and O–H groups in total. The van der Waals surface area contributed by atoms with Crippen LogP contribution in [0.3, 0.4) is 0 Å². The molecule has 2 rings (SSSR count). The van der Waals surface area contributed by atoms with Crippen LogP contribution in [0.15, 0.2) is 36.4 Å². The predicted molar refractivity (Wildman–Crippen MR) is 103 cm³/mol. The van der Waals surface area contributed by atoms with Crippen LogP contribution in [0.1, 0.15) is 75.5 Å². The predicted octanol–water partition coefficient (Wildman–Crippen LogP) is 7.09. The fourth-order valence-electron chi connectivity index (χ4n) is 3.54. The van der Waals surface area contributed by atoms with Gasteiger partial charge in [-0.2, -0.15) is 13.2 Å². The normalized spacial score (nSPS) is 13.3. The van der Waals surface area contributed by atoms with Gasteiger partial charge in [-0.05, 0) is 34.7 Å². The van der Waals surface area contributed by atoms with Crippen LogP contribution >= 0.6 is 0 Å². The Kier molecular flexibility index (Phi) is 7.95. The molecule has 2 aromatic rings. The highest BCUT2D eigenvalue weighted by Crippen LogP contribution is 2.35. The van der Waals surface area contributed by atoms with Gasteiger partial charge in [0.15, 0.2) is 0 Å². The molecule has 0 heterocycles. The fourth-order valence-corrected chi connectivity index (χ4v) is 3.54. The first-order valence-electron chi connectivity index (χ1n) is 9.78. The number of nitrogens with two attached hydrogens (primary N) is 1. The van der Waals surface area contributed by atoms with Crippen molar-refractivity contribution in [3.8, 4) is 0 Å². The fraction of sp³-hybridized carbons (Fsp3) is 0.545. The summed E-state index contributed by atoms with van der Waals surface area (Å²) in [6.07, 6.45) is 5.61. The SMILES string of the molecule is CCCCCCCCCCc1c([C@H](N)C(F)(F)F)ccc2ccccc12. The third kappa shape index (κ3) is 5.73. The van der Waals surface area contributed by atoms with E-state index < -0.39 is 12.2 Å². The molecule has 0 radical (unpaired) electrons. The molecular formula is C22H30F3N. The number of benzene rings is 2. The molecule has 0 saturated heterocycles. The number of fused-ring (bicyclic) bond motifs is 1. The van der Waals surface area contributed by atoms with Gasteiger partial charge in [0, 0.05) is 0 Å². The van der Waals surface area contributed by atoms with E-state index in [0.717, 1.165) is 35.6 Å². The second-order valence-corrected chi connectivity index (χ2v) is 7.10. The summed E-state index contributed by atoms with van der Waals surface area (Å²) in [6.45, 7) is 2.20. The lowest BCUT2D eigenvalue weighted by Crippen LogP contribution is -2.29. The minimum absolute atomic E-state index is 0.221. The first-order chi connectivity index (χ1) is 12.4. The lowest BCUT2D eigenvalue weighted by Gasteiger charge is -2.21. The largest absolute Gasteiger partial charge is 0.407 e. The van der Waals surface area contributed by atoms with Crippen molar-refractivity contribution in [3.05, 3.63) is 47.5 Å². The summed E-state index contributed by atoms with van der Waals surface area (Å²) < 4.78 is 39.5. The van der Waals surface area contributed by atoms with Crippen molar-refractivity contribution in [2.75, 3.05) is 0 Å². The maximum Gasteiger partial charge on any atom is 0.407 e. The number of hydrogen-bond acceptors (Lipinski definition) is 1. The number of aryl methyl sites for hydroxylation is 1. The van der Waals surface area contributed by atoms with Crippen molar-refractivity contribution in [3.63, 3.8) is 0 Å². The highest BCUT2D eigenvalue weighted by atomic mass is 19.4. The summed E-state index contributed by atoms with van der Waals surface area (Å²) in [6, 6.07) is 9.01. The topological polar surface area (TPSA) is 26.0 Å².